The minimum absolute atomic E-state index is 0.173. The number of hydrogen-bond donors (Lipinski definition) is 1. The lowest BCUT2D eigenvalue weighted by Crippen LogP contribution is -2.31. The summed E-state index contributed by atoms with van der Waals surface area (Å²) in [6.45, 7) is 3.22. The molecule has 1 amide bonds. The molecule has 1 rings (SSSR count). The van der Waals surface area contributed by atoms with Crippen LogP contribution in [0.1, 0.15) is 6.92 Å². The van der Waals surface area contributed by atoms with Gasteiger partial charge in [-0.1, -0.05) is 34.8 Å². The molecular formula is C12H14Cl3NO3. The Balaban J connectivity index is 2.42. The predicted molar refractivity (Wildman–Crippen MR) is 76.5 cm³/mol. The van der Waals surface area contributed by atoms with E-state index in [1.807, 2.05) is 6.92 Å². The quantitative estimate of drug-likeness (QED) is 0.783. The Morgan fingerprint density at radius 1 is 1.26 bits per heavy atom. The summed E-state index contributed by atoms with van der Waals surface area (Å²) in [5.74, 6) is -0.0329. The molecule has 1 N–H and O–H groups in total. The molecule has 0 unspecified atom stereocenters. The minimum atomic E-state index is -0.276. The van der Waals surface area contributed by atoms with E-state index in [2.05, 4.69) is 5.32 Å². The zero-order valence-corrected chi connectivity index (χ0v) is 12.6. The van der Waals surface area contributed by atoms with Gasteiger partial charge in [0.1, 0.15) is 0 Å². The van der Waals surface area contributed by atoms with Gasteiger partial charge >= 0.3 is 0 Å². The minimum Gasteiger partial charge on any atom is -0.481 e. The zero-order valence-electron chi connectivity index (χ0n) is 10.3. The van der Waals surface area contributed by atoms with Gasteiger partial charge in [0.15, 0.2) is 12.4 Å². The van der Waals surface area contributed by atoms with E-state index in [1.165, 1.54) is 12.1 Å². The second-order valence-electron chi connectivity index (χ2n) is 3.53. The molecular weight excluding hydrogens is 312 g/mol. The Hall–Kier alpha value is -0.680. The van der Waals surface area contributed by atoms with Crippen LogP contribution in [0.3, 0.4) is 0 Å². The van der Waals surface area contributed by atoms with Gasteiger partial charge < -0.3 is 14.8 Å². The average Bonchev–Trinajstić information content (AvgIpc) is 2.33. The summed E-state index contributed by atoms with van der Waals surface area (Å²) in [6.07, 6.45) is 0. The fourth-order valence-corrected chi connectivity index (χ4v) is 2.19. The third kappa shape index (κ3) is 5.87. The first-order valence-electron chi connectivity index (χ1n) is 5.66. The summed E-state index contributed by atoms with van der Waals surface area (Å²) < 4.78 is 10.4. The van der Waals surface area contributed by atoms with E-state index in [4.69, 9.17) is 44.3 Å². The number of amides is 1. The van der Waals surface area contributed by atoms with Crippen molar-refractivity contribution in [3.05, 3.63) is 27.2 Å². The van der Waals surface area contributed by atoms with Crippen LogP contribution in [0.2, 0.25) is 15.1 Å². The van der Waals surface area contributed by atoms with Crippen LogP contribution in [-0.2, 0) is 9.53 Å². The van der Waals surface area contributed by atoms with Gasteiger partial charge in [0.2, 0.25) is 0 Å². The fourth-order valence-electron chi connectivity index (χ4n) is 1.26. The molecule has 1 aromatic carbocycles. The maximum absolute atomic E-state index is 11.5. The standard InChI is InChI=1S/C12H14Cl3NO3/c1-2-18-4-3-16-11(17)7-19-12-9(14)5-8(13)6-10(12)15/h5-6H,2-4,7H2,1H3,(H,16,17). The number of ether oxygens (including phenoxy) is 2. The molecule has 106 valence electrons. The van der Waals surface area contributed by atoms with E-state index in [1.54, 1.807) is 0 Å². The van der Waals surface area contributed by atoms with Gasteiger partial charge in [-0.15, -0.1) is 0 Å². The van der Waals surface area contributed by atoms with Crippen molar-refractivity contribution in [3.8, 4) is 5.75 Å². The predicted octanol–water partition coefficient (Wildman–Crippen LogP) is 3.18. The maximum Gasteiger partial charge on any atom is 0.258 e. The van der Waals surface area contributed by atoms with Gasteiger partial charge in [-0.2, -0.15) is 0 Å². The summed E-state index contributed by atoms with van der Waals surface area (Å²) in [5, 5.41) is 3.57. The molecule has 0 saturated heterocycles. The summed E-state index contributed by atoms with van der Waals surface area (Å²) in [6, 6.07) is 2.99. The third-order valence-corrected chi connectivity index (χ3v) is 2.86. The second kappa shape index (κ2) is 8.48. The smallest absolute Gasteiger partial charge is 0.258 e. The molecule has 0 spiro atoms. The van der Waals surface area contributed by atoms with Crippen molar-refractivity contribution in [2.75, 3.05) is 26.4 Å². The van der Waals surface area contributed by atoms with Crippen LogP contribution < -0.4 is 10.1 Å². The van der Waals surface area contributed by atoms with Crippen molar-refractivity contribution in [1.82, 2.24) is 5.32 Å². The van der Waals surface area contributed by atoms with Crippen LogP contribution >= 0.6 is 34.8 Å². The maximum atomic E-state index is 11.5. The number of rotatable bonds is 7. The highest BCUT2D eigenvalue weighted by Gasteiger charge is 2.11. The van der Waals surface area contributed by atoms with Crippen LogP contribution in [0.25, 0.3) is 0 Å². The second-order valence-corrected chi connectivity index (χ2v) is 4.78. The SMILES string of the molecule is CCOCCNC(=O)COc1c(Cl)cc(Cl)cc1Cl. The first-order chi connectivity index (χ1) is 9.04. The lowest BCUT2D eigenvalue weighted by Gasteiger charge is -2.10. The molecule has 0 aliphatic rings. The van der Waals surface area contributed by atoms with Crippen molar-refractivity contribution in [2.45, 2.75) is 6.92 Å². The van der Waals surface area contributed by atoms with Crippen LogP contribution in [-0.4, -0.2) is 32.3 Å². The Bertz CT molecular complexity index is 417. The van der Waals surface area contributed by atoms with E-state index in [0.717, 1.165) is 0 Å². The number of halogens is 3. The van der Waals surface area contributed by atoms with Crippen molar-refractivity contribution >= 4 is 40.7 Å². The van der Waals surface area contributed by atoms with Crippen molar-refractivity contribution < 1.29 is 14.3 Å². The van der Waals surface area contributed by atoms with Gasteiger partial charge in [-0.3, -0.25) is 4.79 Å². The number of carbonyl (C=O) groups excluding carboxylic acids is 1. The molecule has 0 bridgehead atoms. The topological polar surface area (TPSA) is 47.6 Å². The Labute approximate surface area is 126 Å². The van der Waals surface area contributed by atoms with Gasteiger partial charge in [-0.25, -0.2) is 0 Å². The first-order valence-corrected chi connectivity index (χ1v) is 6.79. The van der Waals surface area contributed by atoms with Crippen LogP contribution in [0.5, 0.6) is 5.75 Å². The molecule has 19 heavy (non-hydrogen) atoms. The normalized spacial score (nSPS) is 10.3. The van der Waals surface area contributed by atoms with Gasteiger partial charge in [0.05, 0.1) is 16.7 Å². The Morgan fingerprint density at radius 3 is 2.47 bits per heavy atom. The van der Waals surface area contributed by atoms with E-state index in [0.29, 0.717) is 24.8 Å². The lowest BCUT2D eigenvalue weighted by atomic mass is 10.3. The highest BCUT2D eigenvalue weighted by Crippen LogP contribution is 2.35. The average molecular weight is 327 g/mol. The van der Waals surface area contributed by atoms with Crippen LogP contribution in [0, 0.1) is 0 Å². The molecule has 0 heterocycles. The number of carbonyl (C=O) groups is 1. The number of benzene rings is 1. The molecule has 0 aliphatic heterocycles. The lowest BCUT2D eigenvalue weighted by molar-refractivity contribution is -0.123. The van der Waals surface area contributed by atoms with Crippen LogP contribution in [0.4, 0.5) is 0 Å². The van der Waals surface area contributed by atoms with E-state index >= 15 is 0 Å². The highest BCUT2D eigenvalue weighted by molar-refractivity contribution is 6.40. The third-order valence-electron chi connectivity index (χ3n) is 2.08. The molecule has 0 saturated carbocycles. The van der Waals surface area contributed by atoms with Gasteiger partial charge in [0, 0.05) is 18.2 Å². The summed E-state index contributed by atoms with van der Waals surface area (Å²) in [7, 11) is 0. The molecule has 0 fully saturated rings. The molecule has 7 heteroatoms. The first kappa shape index (κ1) is 16.4. The van der Waals surface area contributed by atoms with Crippen LogP contribution in [0.15, 0.2) is 12.1 Å². The van der Waals surface area contributed by atoms with Gasteiger partial charge in [0.25, 0.3) is 5.91 Å². The molecule has 0 atom stereocenters. The van der Waals surface area contributed by atoms with Crippen molar-refractivity contribution in [3.63, 3.8) is 0 Å². The monoisotopic (exact) mass is 325 g/mol. The highest BCUT2D eigenvalue weighted by atomic mass is 35.5. The van der Waals surface area contributed by atoms with Gasteiger partial charge in [-0.05, 0) is 19.1 Å². The number of nitrogens with one attached hydrogen (secondary N) is 1. The fraction of sp³-hybridized carbons (Fsp3) is 0.417. The molecule has 0 radical (unpaired) electrons. The summed E-state index contributed by atoms with van der Waals surface area (Å²) >= 11 is 17.6. The molecule has 1 aromatic rings. The molecule has 0 aliphatic carbocycles. The summed E-state index contributed by atoms with van der Waals surface area (Å²) in [5.41, 5.74) is 0. The molecule has 4 nitrogen and oxygen atoms in total. The van der Waals surface area contributed by atoms with E-state index in [9.17, 15) is 4.79 Å². The van der Waals surface area contributed by atoms with E-state index < -0.39 is 0 Å². The largest absolute Gasteiger partial charge is 0.481 e. The Morgan fingerprint density at radius 2 is 1.89 bits per heavy atom. The van der Waals surface area contributed by atoms with Crippen molar-refractivity contribution in [2.24, 2.45) is 0 Å². The zero-order chi connectivity index (χ0) is 14.3. The number of hydrogen-bond acceptors (Lipinski definition) is 3. The summed E-state index contributed by atoms with van der Waals surface area (Å²) in [4.78, 5) is 11.5. The van der Waals surface area contributed by atoms with E-state index in [-0.39, 0.29) is 28.3 Å². The van der Waals surface area contributed by atoms with Crippen molar-refractivity contribution in [1.29, 1.82) is 0 Å². The Kier molecular flexibility index (Phi) is 7.31. The molecule has 0 aromatic heterocycles.